The van der Waals surface area contributed by atoms with Crippen molar-refractivity contribution in [3.05, 3.63) is 0 Å². The molecule has 3 nitrogen and oxygen atoms in total. The van der Waals surface area contributed by atoms with Gasteiger partial charge in [0.15, 0.2) is 0 Å². The van der Waals surface area contributed by atoms with Crippen LogP contribution in [0.1, 0.15) is 27.2 Å². The summed E-state index contributed by atoms with van der Waals surface area (Å²) in [5.74, 6) is -0.142. The standard InChI is InChI=1S/C6H14O3S.Li.H/c1-6(2,3)4-5-10(7,8)9;;/h4-5H2,1-3H3,(H,7,8,9);;. The van der Waals surface area contributed by atoms with Crippen molar-refractivity contribution in [2.75, 3.05) is 5.75 Å². The number of hydrogen-bond donors (Lipinski definition) is 1. The van der Waals surface area contributed by atoms with E-state index in [4.69, 9.17) is 4.55 Å². The van der Waals surface area contributed by atoms with Gasteiger partial charge in [-0.2, -0.15) is 8.42 Å². The van der Waals surface area contributed by atoms with Crippen LogP contribution in [0.5, 0.6) is 0 Å². The van der Waals surface area contributed by atoms with Gasteiger partial charge in [-0.15, -0.1) is 0 Å². The zero-order valence-corrected chi connectivity index (χ0v) is 7.40. The minimum atomic E-state index is -3.76. The van der Waals surface area contributed by atoms with Crippen molar-refractivity contribution in [2.45, 2.75) is 27.2 Å². The fourth-order valence-corrected chi connectivity index (χ4v) is 1.31. The molecular formula is C6H15LiO3S. The molecule has 0 atom stereocenters. The zero-order chi connectivity index (χ0) is 8.41. The molecule has 0 aromatic carbocycles. The van der Waals surface area contributed by atoms with Crippen LogP contribution in [0.2, 0.25) is 0 Å². The normalized spacial score (nSPS) is 12.4. The van der Waals surface area contributed by atoms with Crippen LogP contribution in [0.4, 0.5) is 0 Å². The third kappa shape index (κ3) is 13.5. The van der Waals surface area contributed by atoms with Crippen LogP contribution < -0.4 is 0 Å². The molecule has 0 aliphatic heterocycles. The van der Waals surface area contributed by atoms with E-state index in [1.54, 1.807) is 0 Å². The Kier molecular flexibility index (Phi) is 5.77. The molecule has 0 fully saturated rings. The molecule has 0 heterocycles. The van der Waals surface area contributed by atoms with Crippen LogP contribution in [0, 0.1) is 5.41 Å². The summed E-state index contributed by atoms with van der Waals surface area (Å²) >= 11 is 0. The van der Waals surface area contributed by atoms with Crippen LogP contribution in [-0.4, -0.2) is 37.6 Å². The van der Waals surface area contributed by atoms with Gasteiger partial charge in [0.25, 0.3) is 10.1 Å². The van der Waals surface area contributed by atoms with E-state index >= 15 is 0 Å². The van der Waals surface area contributed by atoms with Gasteiger partial charge in [-0.05, 0) is 11.8 Å². The van der Waals surface area contributed by atoms with Crippen molar-refractivity contribution in [3.63, 3.8) is 0 Å². The second-order valence-corrected chi connectivity index (χ2v) is 5.17. The van der Waals surface area contributed by atoms with Crippen molar-refractivity contribution >= 4 is 29.0 Å². The molecule has 11 heavy (non-hydrogen) atoms. The summed E-state index contributed by atoms with van der Waals surface area (Å²) in [6, 6.07) is 0. The van der Waals surface area contributed by atoms with Gasteiger partial charge in [0.05, 0.1) is 5.75 Å². The molecule has 0 rings (SSSR count). The summed E-state index contributed by atoms with van der Waals surface area (Å²) in [7, 11) is -3.76. The van der Waals surface area contributed by atoms with Crippen LogP contribution in [0.3, 0.4) is 0 Å². The van der Waals surface area contributed by atoms with Crippen LogP contribution in [0.15, 0.2) is 0 Å². The quantitative estimate of drug-likeness (QED) is 0.494. The van der Waals surface area contributed by atoms with Gasteiger partial charge in [0.1, 0.15) is 0 Å². The Morgan fingerprint density at radius 3 is 1.73 bits per heavy atom. The van der Waals surface area contributed by atoms with E-state index < -0.39 is 10.1 Å². The van der Waals surface area contributed by atoms with E-state index in [0.717, 1.165) is 0 Å². The van der Waals surface area contributed by atoms with Crippen molar-refractivity contribution in [1.82, 2.24) is 0 Å². The van der Waals surface area contributed by atoms with Gasteiger partial charge in [-0.3, -0.25) is 4.55 Å². The molecule has 0 bridgehead atoms. The molecular weight excluding hydrogens is 159 g/mol. The summed E-state index contributed by atoms with van der Waals surface area (Å²) in [6.07, 6.45) is 0.492. The zero-order valence-electron chi connectivity index (χ0n) is 6.59. The first-order valence-electron chi connectivity index (χ1n) is 3.16. The molecule has 0 saturated carbocycles. The Hall–Kier alpha value is 0.507. The van der Waals surface area contributed by atoms with E-state index in [2.05, 4.69) is 0 Å². The van der Waals surface area contributed by atoms with Crippen LogP contribution in [-0.2, 0) is 10.1 Å². The molecule has 5 heteroatoms. The van der Waals surface area contributed by atoms with Crippen LogP contribution >= 0.6 is 0 Å². The summed E-state index contributed by atoms with van der Waals surface area (Å²) < 4.78 is 28.8. The fourth-order valence-electron chi connectivity index (χ4n) is 0.435. The van der Waals surface area contributed by atoms with Gasteiger partial charge in [-0.1, -0.05) is 20.8 Å². The molecule has 0 aromatic rings. The van der Waals surface area contributed by atoms with Gasteiger partial charge < -0.3 is 0 Å². The first kappa shape index (κ1) is 14.1. The topological polar surface area (TPSA) is 54.4 Å². The second-order valence-electron chi connectivity index (χ2n) is 3.60. The van der Waals surface area contributed by atoms with Crippen molar-refractivity contribution in [2.24, 2.45) is 5.41 Å². The van der Waals surface area contributed by atoms with Gasteiger partial charge in [-0.25, -0.2) is 0 Å². The molecule has 64 valence electrons. The maximum absolute atomic E-state index is 10.2. The fraction of sp³-hybridized carbons (Fsp3) is 1.00. The van der Waals surface area contributed by atoms with Gasteiger partial charge in [0.2, 0.25) is 0 Å². The van der Waals surface area contributed by atoms with E-state index in [1.165, 1.54) is 0 Å². The average molecular weight is 174 g/mol. The van der Waals surface area contributed by atoms with Gasteiger partial charge >= 0.3 is 18.9 Å². The minimum absolute atomic E-state index is 0. The summed E-state index contributed by atoms with van der Waals surface area (Å²) in [5, 5.41) is 0. The number of rotatable bonds is 2. The van der Waals surface area contributed by atoms with Crippen LogP contribution in [0.25, 0.3) is 0 Å². The summed E-state index contributed by atoms with van der Waals surface area (Å²) in [5.41, 5.74) is -0.0319. The third-order valence-corrected chi connectivity index (χ3v) is 1.83. The maximum atomic E-state index is 10.2. The molecule has 0 radical (unpaired) electrons. The Balaban J connectivity index is 0. The first-order valence-corrected chi connectivity index (χ1v) is 4.77. The Morgan fingerprint density at radius 1 is 1.27 bits per heavy atom. The molecule has 0 aliphatic carbocycles. The second kappa shape index (κ2) is 4.51. The third-order valence-electron chi connectivity index (χ3n) is 1.11. The monoisotopic (exact) mass is 174 g/mol. The average Bonchev–Trinajstić information content (AvgIpc) is 1.57. The van der Waals surface area contributed by atoms with Crippen molar-refractivity contribution < 1.29 is 13.0 Å². The SMILES string of the molecule is CC(C)(C)CCS(=O)(=O)O.[LiH]. The molecule has 0 saturated heterocycles. The van der Waals surface area contributed by atoms with E-state index in [1.807, 2.05) is 20.8 Å². The molecule has 0 aliphatic rings. The summed E-state index contributed by atoms with van der Waals surface area (Å²) in [6.45, 7) is 5.79. The Bertz CT molecular complexity index is 190. The molecule has 0 amide bonds. The van der Waals surface area contributed by atoms with E-state index in [-0.39, 0.29) is 30.0 Å². The molecule has 0 aromatic heterocycles. The van der Waals surface area contributed by atoms with Gasteiger partial charge in [0, 0.05) is 0 Å². The Labute approximate surface area is 80.5 Å². The predicted octanol–water partition coefficient (Wildman–Crippen LogP) is 0.662. The van der Waals surface area contributed by atoms with E-state index in [9.17, 15) is 8.42 Å². The summed E-state index contributed by atoms with van der Waals surface area (Å²) in [4.78, 5) is 0. The molecule has 0 unspecified atom stereocenters. The molecule has 1 N–H and O–H groups in total. The Morgan fingerprint density at radius 2 is 1.64 bits per heavy atom. The van der Waals surface area contributed by atoms with Crippen molar-refractivity contribution in [1.29, 1.82) is 0 Å². The van der Waals surface area contributed by atoms with Crippen molar-refractivity contribution in [3.8, 4) is 0 Å². The predicted molar refractivity (Wildman–Crippen MR) is 47.6 cm³/mol. The molecule has 0 spiro atoms. The van der Waals surface area contributed by atoms with E-state index in [0.29, 0.717) is 6.42 Å². The number of hydrogen-bond acceptors (Lipinski definition) is 2. The first-order chi connectivity index (χ1) is 4.21.